The van der Waals surface area contributed by atoms with Crippen molar-refractivity contribution in [2.75, 3.05) is 7.11 Å². The Kier molecular flexibility index (Phi) is 3.48. The lowest BCUT2D eigenvalue weighted by molar-refractivity contribution is 0.0696. The van der Waals surface area contributed by atoms with Gasteiger partial charge in [-0.3, -0.25) is 0 Å². The molecule has 1 unspecified atom stereocenters. The molecule has 0 fully saturated rings. The van der Waals surface area contributed by atoms with Crippen LogP contribution in [0.4, 0.5) is 0 Å². The van der Waals surface area contributed by atoms with Crippen molar-refractivity contribution in [3.8, 4) is 12.3 Å². The Labute approximate surface area is 88.7 Å². The van der Waals surface area contributed by atoms with Gasteiger partial charge in [-0.15, -0.1) is 6.42 Å². The molecule has 0 amide bonds. The monoisotopic (exact) mass is 204 g/mol. The quantitative estimate of drug-likeness (QED) is 0.767. The summed E-state index contributed by atoms with van der Waals surface area (Å²) in [5, 5.41) is 8.83. The molecule has 0 aliphatic rings. The normalized spacial score (nSPS) is 11.8. The predicted molar refractivity (Wildman–Crippen MR) is 56.8 cm³/mol. The van der Waals surface area contributed by atoms with Crippen molar-refractivity contribution in [2.24, 2.45) is 0 Å². The minimum atomic E-state index is -0.969. The number of carboxylic acids is 1. The van der Waals surface area contributed by atoms with Gasteiger partial charge in [-0.25, -0.2) is 4.79 Å². The molecule has 0 spiro atoms. The minimum absolute atomic E-state index is 0.213. The topological polar surface area (TPSA) is 46.5 Å². The molecule has 0 aliphatic heterocycles. The van der Waals surface area contributed by atoms with Crippen LogP contribution in [0.2, 0.25) is 0 Å². The summed E-state index contributed by atoms with van der Waals surface area (Å²) in [5.41, 5.74) is 1.60. The van der Waals surface area contributed by atoms with Crippen molar-refractivity contribution < 1.29 is 14.6 Å². The van der Waals surface area contributed by atoms with Crippen LogP contribution in [0.15, 0.2) is 18.2 Å². The second-order valence-corrected chi connectivity index (χ2v) is 3.13. The highest BCUT2D eigenvalue weighted by molar-refractivity contribution is 5.88. The van der Waals surface area contributed by atoms with Crippen molar-refractivity contribution in [1.29, 1.82) is 0 Å². The SMILES string of the molecule is C#Cc1ccc(C(=O)O)cc1C(C)OC. The van der Waals surface area contributed by atoms with E-state index in [9.17, 15) is 4.79 Å². The van der Waals surface area contributed by atoms with Crippen molar-refractivity contribution in [3.63, 3.8) is 0 Å². The number of benzene rings is 1. The van der Waals surface area contributed by atoms with Crippen LogP contribution in [-0.2, 0) is 4.74 Å². The molecule has 0 saturated heterocycles. The van der Waals surface area contributed by atoms with E-state index in [2.05, 4.69) is 5.92 Å². The maximum atomic E-state index is 10.8. The zero-order valence-electron chi connectivity index (χ0n) is 8.65. The van der Waals surface area contributed by atoms with Gasteiger partial charge in [0.2, 0.25) is 0 Å². The molecular formula is C12H12O3. The molecule has 1 aromatic rings. The van der Waals surface area contributed by atoms with Gasteiger partial charge >= 0.3 is 5.97 Å². The summed E-state index contributed by atoms with van der Waals surface area (Å²) in [6, 6.07) is 4.66. The molecule has 3 nitrogen and oxygen atoms in total. The number of terminal acetylenes is 1. The highest BCUT2D eigenvalue weighted by Crippen LogP contribution is 2.21. The third-order valence-electron chi connectivity index (χ3n) is 2.25. The molecule has 0 bridgehead atoms. The van der Waals surface area contributed by atoms with E-state index in [0.29, 0.717) is 5.56 Å². The first-order chi connectivity index (χ1) is 7.10. The van der Waals surface area contributed by atoms with Gasteiger partial charge in [-0.05, 0) is 30.7 Å². The number of aromatic carboxylic acids is 1. The Hall–Kier alpha value is -1.79. The third-order valence-corrected chi connectivity index (χ3v) is 2.25. The van der Waals surface area contributed by atoms with Gasteiger partial charge in [-0.1, -0.05) is 5.92 Å². The molecule has 3 heteroatoms. The molecule has 0 aromatic heterocycles. The van der Waals surface area contributed by atoms with Gasteiger partial charge in [0.25, 0.3) is 0 Å². The lowest BCUT2D eigenvalue weighted by atomic mass is 10.0. The van der Waals surface area contributed by atoms with E-state index in [0.717, 1.165) is 5.56 Å². The van der Waals surface area contributed by atoms with E-state index in [1.807, 2.05) is 6.92 Å². The van der Waals surface area contributed by atoms with Crippen LogP contribution < -0.4 is 0 Å². The van der Waals surface area contributed by atoms with Gasteiger partial charge < -0.3 is 9.84 Å². The highest BCUT2D eigenvalue weighted by Gasteiger charge is 2.12. The molecule has 0 radical (unpaired) electrons. The molecule has 0 saturated carbocycles. The van der Waals surface area contributed by atoms with Gasteiger partial charge in [0, 0.05) is 12.7 Å². The van der Waals surface area contributed by atoms with Crippen LogP contribution in [-0.4, -0.2) is 18.2 Å². The summed E-state index contributed by atoms with van der Waals surface area (Å²) in [6.07, 6.45) is 5.10. The Morgan fingerprint density at radius 3 is 2.73 bits per heavy atom. The second-order valence-electron chi connectivity index (χ2n) is 3.13. The second kappa shape index (κ2) is 4.63. The number of carboxylic acid groups (broad SMARTS) is 1. The minimum Gasteiger partial charge on any atom is -0.478 e. The van der Waals surface area contributed by atoms with E-state index in [4.69, 9.17) is 16.3 Å². The predicted octanol–water partition coefficient (Wildman–Crippen LogP) is 2.07. The van der Waals surface area contributed by atoms with Gasteiger partial charge in [-0.2, -0.15) is 0 Å². The van der Waals surface area contributed by atoms with E-state index >= 15 is 0 Å². The van der Waals surface area contributed by atoms with Crippen LogP contribution >= 0.6 is 0 Å². The molecular weight excluding hydrogens is 192 g/mol. The van der Waals surface area contributed by atoms with Crippen LogP contribution in [0.5, 0.6) is 0 Å². The lowest BCUT2D eigenvalue weighted by Crippen LogP contribution is -2.03. The zero-order valence-corrected chi connectivity index (χ0v) is 8.65. The largest absolute Gasteiger partial charge is 0.478 e. The van der Waals surface area contributed by atoms with Crippen LogP contribution in [0.3, 0.4) is 0 Å². The molecule has 0 heterocycles. The highest BCUT2D eigenvalue weighted by atomic mass is 16.5. The van der Waals surface area contributed by atoms with Crippen molar-refractivity contribution in [1.82, 2.24) is 0 Å². The fourth-order valence-electron chi connectivity index (χ4n) is 1.29. The standard InChI is InChI=1S/C12H12O3/c1-4-9-5-6-10(12(13)14)7-11(9)8(2)15-3/h1,5-8H,2-3H3,(H,13,14). The maximum Gasteiger partial charge on any atom is 0.335 e. The van der Waals surface area contributed by atoms with E-state index in [1.165, 1.54) is 6.07 Å². The maximum absolute atomic E-state index is 10.8. The van der Waals surface area contributed by atoms with E-state index < -0.39 is 5.97 Å². The third kappa shape index (κ3) is 2.36. The summed E-state index contributed by atoms with van der Waals surface area (Å²) >= 11 is 0. The molecule has 1 rings (SSSR count). The fourth-order valence-corrected chi connectivity index (χ4v) is 1.29. The van der Waals surface area contributed by atoms with Crippen LogP contribution in [0, 0.1) is 12.3 Å². The molecule has 15 heavy (non-hydrogen) atoms. The van der Waals surface area contributed by atoms with Gasteiger partial charge in [0.1, 0.15) is 0 Å². The fraction of sp³-hybridized carbons (Fsp3) is 0.250. The van der Waals surface area contributed by atoms with Gasteiger partial charge in [0.15, 0.2) is 0 Å². The molecule has 0 aliphatic carbocycles. The van der Waals surface area contributed by atoms with Crippen LogP contribution in [0.25, 0.3) is 0 Å². The Morgan fingerprint density at radius 2 is 2.27 bits per heavy atom. The number of rotatable bonds is 3. The van der Waals surface area contributed by atoms with Crippen molar-refractivity contribution >= 4 is 5.97 Å². The molecule has 1 N–H and O–H groups in total. The van der Waals surface area contributed by atoms with E-state index in [-0.39, 0.29) is 11.7 Å². The summed E-state index contributed by atoms with van der Waals surface area (Å²) in [7, 11) is 1.55. The Bertz CT molecular complexity index is 415. The van der Waals surface area contributed by atoms with Crippen LogP contribution in [0.1, 0.15) is 34.5 Å². The molecule has 1 atom stereocenters. The van der Waals surface area contributed by atoms with Gasteiger partial charge in [0.05, 0.1) is 11.7 Å². The Balaban J connectivity index is 3.26. The number of hydrogen-bond donors (Lipinski definition) is 1. The summed E-state index contributed by atoms with van der Waals surface area (Å²) < 4.78 is 5.12. The molecule has 78 valence electrons. The first-order valence-corrected chi connectivity index (χ1v) is 4.46. The number of carbonyl (C=O) groups is 1. The van der Waals surface area contributed by atoms with E-state index in [1.54, 1.807) is 19.2 Å². The average Bonchev–Trinajstić information content (AvgIpc) is 2.27. The summed E-state index contributed by atoms with van der Waals surface area (Å²) in [5.74, 6) is 1.53. The lowest BCUT2D eigenvalue weighted by Gasteiger charge is -2.12. The van der Waals surface area contributed by atoms with Crippen molar-refractivity contribution in [2.45, 2.75) is 13.0 Å². The summed E-state index contributed by atoms with van der Waals surface area (Å²) in [6.45, 7) is 1.82. The average molecular weight is 204 g/mol. The molecule has 1 aromatic carbocycles. The number of methoxy groups -OCH3 is 1. The van der Waals surface area contributed by atoms with Crippen molar-refractivity contribution in [3.05, 3.63) is 34.9 Å². The zero-order chi connectivity index (χ0) is 11.4. The summed E-state index contributed by atoms with van der Waals surface area (Å²) in [4.78, 5) is 10.8. The smallest absolute Gasteiger partial charge is 0.335 e. The number of hydrogen-bond acceptors (Lipinski definition) is 2. The first kappa shape index (κ1) is 11.3. The number of ether oxygens (including phenoxy) is 1. The Morgan fingerprint density at radius 1 is 1.60 bits per heavy atom. The first-order valence-electron chi connectivity index (χ1n) is 4.46.